The molecular formula is C7H9N3O2. The summed E-state index contributed by atoms with van der Waals surface area (Å²) in [6.45, 7) is 5.65. The summed E-state index contributed by atoms with van der Waals surface area (Å²) >= 11 is 0. The van der Waals surface area contributed by atoms with Crippen molar-refractivity contribution in [2.24, 2.45) is 0 Å². The van der Waals surface area contributed by atoms with E-state index >= 15 is 0 Å². The van der Waals surface area contributed by atoms with Crippen LogP contribution in [0.1, 0.15) is 16.2 Å². The monoisotopic (exact) mass is 167 g/mol. The smallest absolute Gasteiger partial charge is 0.358 e. The molecule has 0 aromatic carbocycles. The average Bonchev–Trinajstić information content (AvgIpc) is 2.34. The molecule has 5 heteroatoms. The maximum absolute atomic E-state index is 10.5. The number of hydrogen-bond acceptors (Lipinski definition) is 3. The van der Waals surface area contributed by atoms with Gasteiger partial charge in [-0.05, 0) is 6.92 Å². The molecule has 0 aliphatic rings. The zero-order valence-corrected chi connectivity index (χ0v) is 6.69. The third kappa shape index (κ3) is 1.34. The Kier molecular flexibility index (Phi) is 2.23. The molecule has 0 spiro atoms. The number of aromatic carboxylic acids is 1. The van der Waals surface area contributed by atoms with Crippen LogP contribution in [0, 0.1) is 6.92 Å². The van der Waals surface area contributed by atoms with Gasteiger partial charge in [-0.1, -0.05) is 11.3 Å². The summed E-state index contributed by atoms with van der Waals surface area (Å²) in [5, 5.41) is 15.7. The van der Waals surface area contributed by atoms with Gasteiger partial charge in [0.15, 0.2) is 5.69 Å². The second-order valence-corrected chi connectivity index (χ2v) is 2.30. The van der Waals surface area contributed by atoms with Crippen LogP contribution >= 0.6 is 0 Å². The van der Waals surface area contributed by atoms with E-state index in [1.165, 1.54) is 4.68 Å². The van der Waals surface area contributed by atoms with E-state index < -0.39 is 5.97 Å². The van der Waals surface area contributed by atoms with E-state index in [9.17, 15) is 4.79 Å². The lowest BCUT2D eigenvalue weighted by atomic mass is 10.3. The molecule has 64 valence electrons. The van der Waals surface area contributed by atoms with Crippen molar-refractivity contribution in [3.63, 3.8) is 0 Å². The Morgan fingerprint density at radius 3 is 2.92 bits per heavy atom. The zero-order chi connectivity index (χ0) is 9.14. The number of carbonyl (C=O) groups is 1. The van der Waals surface area contributed by atoms with Gasteiger partial charge in [-0.25, -0.2) is 9.48 Å². The number of allylic oxidation sites excluding steroid dienone is 1. The summed E-state index contributed by atoms with van der Waals surface area (Å²) in [4.78, 5) is 10.5. The van der Waals surface area contributed by atoms with Gasteiger partial charge in [-0.15, -0.1) is 11.7 Å². The highest BCUT2D eigenvalue weighted by Crippen LogP contribution is 2.02. The number of carboxylic acids is 1. The summed E-state index contributed by atoms with van der Waals surface area (Å²) in [7, 11) is 0. The Hall–Kier alpha value is -1.65. The number of nitrogens with zero attached hydrogens (tertiary/aromatic N) is 3. The number of aromatic nitrogens is 3. The van der Waals surface area contributed by atoms with Crippen molar-refractivity contribution in [2.75, 3.05) is 0 Å². The molecule has 0 bridgehead atoms. The molecule has 0 unspecified atom stereocenters. The highest BCUT2D eigenvalue weighted by atomic mass is 16.4. The fourth-order valence-corrected chi connectivity index (χ4v) is 0.854. The van der Waals surface area contributed by atoms with Gasteiger partial charge in [0.2, 0.25) is 0 Å². The first-order valence-corrected chi connectivity index (χ1v) is 3.41. The summed E-state index contributed by atoms with van der Waals surface area (Å²) in [5.41, 5.74) is 0.541. The fourth-order valence-electron chi connectivity index (χ4n) is 0.854. The van der Waals surface area contributed by atoms with Crippen LogP contribution in [0.4, 0.5) is 0 Å². The Balaban J connectivity index is 3.03. The molecule has 0 aliphatic heterocycles. The largest absolute Gasteiger partial charge is 0.476 e. The molecule has 0 aliphatic carbocycles. The Morgan fingerprint density at radius 1 is 1.83 bits per heavy atom. The van der Waals surface area contributed by atoms with E-state index in [4.69, 9.17) is 5.11 Å². The van der Waals surface area contributed by atoms with Gasteiger partial charge in [-0.2, -0.15) is 0 Å². The van der Waals surface area contributed by atoms with E-state index in [1.54, 1.807) is 13.0 Å². The normalized spacial score (nSPS) is 9.75. The standard InChI is InChI=1S/C7H9N3O2/c1-3-4-10-5(2)6(7(11)12)8-9-10/h3H,1,4H2,2H3,(H,11,12). The minimum atomic E-state index is -1.05. The molecule has 0 saturated carbocycles. The highest BCUT2D eigenvalue weighted by Gasteiger charge is 2.13. The molecule has 0 fully saturated rings. The molecule has 1 N–H and O–H groups in total. The first-order valence-electron chi connectivity index (χ1n) is 3.41. The number of hydrogen-bond donors (Lipinski definition) is 1. The third-order valence-electron chi connectivity index (χ3n) is 1.49. The average molecular weight is 167 g/mol. The molecule has 0 radical (unpaired) electrons. The van der Waals surface area contributed by atoms with Crippen molar-refractivity contribution >= 4 is 5.97 Å². The lowest BCUT2D eigenvalue weighted by molar-refractivity contribution is 0.0689. The third-order valence-corrected chi connectivity index (χ3v) is 1.49. The molecule has 1 aromatic rings. The van der Waals surface area contributed by atoms with E-state index in [1.807, 2.05) is 0 Å². The molecule has 5 nitrogen and oxygen atoms in total. The van der Waals surface area contributed by atoms with Crippen molar-refractivity contribution in [2.45, 2.75) is 13.5 Å². The van der Waals surface area contributed by atoms with Crippen LogP contribution < -0.4 is 0 Å². The maximum Gasteiger partial charge on any atom is 0.358 e. The van der Waals surface area contributed by atoms with Gasteiger partial charge < -0.3 is 5.11 Å². The van der Waals surface area contributed by atoms with E-state index in [-0.39, 0.29) is 5.69 Å². The Labute approximate surface area is 69.3 Å². The second kappa shape index (κ2) is 3.17. The molecular weight excluding hydrogens is 158 g/mol. The molecule has 12 heavy (non-hydrogen) atoms. The first kappa shape index (κ1) is 8.45. The molecule has 0 atom stereocenters. The van der Waals surface area contributed by atoms with Crippen molar-refractivity contribution in [1.29, 1.82) is 0 Å². The summed E-state index contributed by atoms with van der Waals surface area (Å²) in [6.07, 6.45) is 1.63. The summed E-state index contributed by atoms with van der Waals surface area (Å²) in [6, 6.07) is 0. The van der Waals surface area contributed by atoms with Gasteiger partial charge >= 0.3 is 5.97 Å². The van der Waals surface area contributed by atoms with E-state index in [0.717, 1.165) is 0 Å². The van der Waals surface area contributed by atoms with Crippen LogP contribution in [0.3, 0.4) is 0 Å². The first-order chi connectivity index (χ1) is 5.66. The van der Waals surface area contributed by atoms with Crippen molar-refractivity contribution < 1.29 is 9.90 Å². The van der Waals surface area contributed by atoms with Crippen LogP contribution in [-0.2, 0) is 6.54 Å². The predicted octanol–water partition coefficient (Wildman–Crippen LogP) is 0.471. The lowest BCUT2D eigenvalue weighted by Gasteiger charge is -1.96. The summed E-state index contributed by atoms with van der Waals surface area (Å²) < 4.78 is 1.48. The van der Waals surface area contributed by atoms with Gasteiger partial charge in [0.05, 0.1) is 12.2 Å². The van der Waals surface area contributed by atoms with Gasteiger partial charge in [0.1, 0.15) is 0 Å². The van der Waals surface area contributed by atoms with E-state index in [2.05, 4.69) is 16.9 Å². The quantitative estimate of drug-likeness (QED) is 0.664. The Bertz CT molecular complexity index is 316. The molecule has 0 saturated heterocycles. The minimum absolute atomic E-state index is 0.00292. The van der Waals surface area contributed by atoms with Crippen LogP contribution in [0.2, 0.25) is 0 Å². The van der Waals surface area contributed by atoms with Crippen LogP contribution in [-0.4, -0.2) is 26.1 Å². The lowest BCUT2D eigenvalue weighted by Crippen LogP contribution is -2.03. The zero-order valence-electron chi connectivity index (χ0n) is 6.69. The second-order valence-electron chi connectivity index (χ2n) is 2.30. The van der Waals surface area contributed by atoms with Gasteiger partial charge in [0.25, 0.3) is 0 Å². The van der Waals surface area contributed by atoms with Crippen molar-refractivity contribution in [1.82, 2.24) is 15.0 Å². The van der Waals surface area contributed by atoms with Crippen molar-refractivity contribution in [3.05, 3.63) is 24.0 Å². The summed E-state index contributed by atoms with van der Waals surface area (Å²) in [5.74, 6) is -1.05. The highest BCUT2D eigenvalue weighted by molar-refractivity contribution is 5.86. The number of rotatable bonds is 3. The molecule has 1 rings (SSSR count). The Morgan fingerprint density at radius 2 is 2.50 bits per heavy atom. The fraction of sp³-hybridized carbons (Fsp3) is 0.286. The maximum atomic E-state index is 10.5. The van der Waals surface area contributed by atoms with Gasteiger partial charge in [0, 0.05) is 0 Å². The van der Waals surface area contributed by atoms with Crippen LogP contribution in [0.15, 0.2) is 12.7 Å². The molecule has 1 heterocycles. The van der Waals surface area contributed by atoms with Crippen LogP contribution in [0.5, 0.6) is 0 Å². The van der Waals surface area contributed by atoms with Crippen LogP contribution in [0.25, 0.3) is 0 Å². The minimum Gasteiger partial charge on any atom is -0.476 e. The topological polar surface area (TPSA) is 68.0 Å². The van der Waals surface area contributed by atoms with E-state index in [0.29, 0.717) is 12.2 Å². The van der Waals surface area contributed by atoms with Crippen molar-refractivity contribution in [3.8, 4) is 0 Å². The number of carboxylic acid groups (broad SMARTS) is 1. The van der Waals surface area contributed by atoms with Gasteiger partial charge in [-0.3, -0.25) is 0 Å². The molecule has 1 aromatic heterocycles. The molecule has 0 amide bonds. The predicted molar refractivity (Wildman–Crippen MR) is 41.9 cm³/mol. The SMILES string of the molecule is C=CCn1nnc(C(=O)O)c1C.